The van der Waals surface area contributed by atoms with Crippen molar-refractivity contribution in [3.05, 3.63) is 28.2 Å². The molecule has 8 nitrogen and oxygen atoms in total. The van der Waals surface area contributed by atoms with Gasteiger partial charge < -0.3 is 30.1 Å². The molecule has 0 aromatic heterocycles. The molecule has 2 heterocycles. The molecule has 0 aliphatic carbocycles. The predicted molar refractivity (Wildman–Crippen MR) is 109 cm³/mol. The molecule has 0 saturated carbocycles. The van der Waals surface area contributed by atoms with Gasteiger partial charge in [-0.1, -0.05) is 23.2 Å². The zero-order valence-electron chi connectivity index (χ0n) is 16.1. The summed E-state index contributed by atoms with van der Waals surface area (Å²) in [4.78, 5) is 26.3. The van der Waals surface area contributed by atoms with Crippen LogP contribution in [-0.4, -0.2) is 73.1 Å². The van der Waals surface area contributed by atoms with Gasteiger partial charge in [-0.15, -0.1) is 0 Å². The molecular formula is C19H25Cl2N3O5. The molecule has 160 valence electrons. The monoisotopic (exact) mass is 445 g/mol. The van der Waals surface area contributed by atoms with Crippen LogP contribution < -0.4 is 10.6 Å². The topological polar surface area (TPSA) is 100 Å². The van der Waals surface area contributed by atoms with E-state index in [1.54, 1.807) is 30.1 Å². The van der Waals surface area contributed by atoms with Crippen molar-refractivity contribution in [2.24, 2.45) is 0 Å². The van der Waals surface area contributed by atoms with Crippen molar-refractivity contribution >= 4 is 40.8 Å². The molecular weight excluding hydrogens is 421 g/mol. The molecule has 0 unspecified atom stereocenters. The van der Waals surface area contributed by atoms with Crippen LogP contribution >= 0.6 is 23.2 Å². The lowest BCUT2D eigenvalue weighted by Crippen LogP contribution is -2.58. The maximum atomic E-state index is 13.0. The van der Waals surface area contributed by atoms with Crippen molar-refractivity contribution in [2.75, 3.05) is 32.1 Å². The van der Waals surface area contributed by atoms with Crippen LogP contribution in [0.15, 0.2) is 18.2 Å². The Bertz CT molecular complexity index is 751. The molecule has 10 heteroatoms. The summed E-state index contributed by atoms with van der Waals surface area (Å²) in [5.74, 6) is -0.0927. The number of rotatable bonds is 3. The van der Waals surface area contributed by atoms with Crippen LogP contribution in [0.3, 0.4) is 0 Å². The standard InChI is InChI=1S/C19H25Cl2N3O5/c1-22-18(26)7-13-3-5-16-17(29-13)10-28-9-12(25)8-24(16)19(27)23-11-2-4-14(20)15(21)6-11/h2,4,6,12-13,16-17,25H,3,5,7-10H2,1H3,(H,22,26)(H,23,27)/t12-,13-,16+,17-/m0/s1. The number of ether oxygens (including phenoxy) is 2. The average molecular weight is 446 g/mol. The van der Waals surface area contributed by atoms with E-state index in [0.717, 1.165) is 0 Å². The third-order valence-electron chi connectivity index (χ3n) is 5.10. The molecule has 3 rings (SSSR count). The van der Waals surface area contributed by atoms with E-state index >= 15 is 0 Å². The molecule has 3 amide bonds. The zero-order valence-corrected chi connectivity index (χ0v) is 17.6. The number of urea groups is 1. The number of β-amino-alcohol motifs (C(OH)–C–C–N with tert-alkyl or cyclic N) is 1. The highest BCUT2D eigenvalue weighted by molar-refractivity contribution is 6.42. The molecule has 4 atom stereocenters. The van der Waals surface area contributed by atoms with E-state index in [9.17, 15) is 14.7 Å². The molecule has 2 aliphatic heterocycles. The Kier molecular flexibility index (Phi) is 7.59. The van der Waals surface area contributed by atoms with Gasteiger partial charge in [-0.25, -0.2) is 4.79 Å². The van der Waals surface area contributed by atoms with Gasteiger partial charge in [0, 0.05) is 12.7 Å². The molecule has 2 saturated heterocycles. The summed E-state index contributed by atoms with van der Waals surface area (Å²) in [5.41, 5.74) is 0.503. The third-order valence-corrected chi connectivity index (χ3v) is 5.84. The highest BCUT2D eigenvalue weighted by atomic mass is 35.5. The van der Waals surface area contributed by atoms with Gasteiger partial charge in [-0.3, -0.25) is 4.79 Å². The largest absolute Gasteiger partial charge is 0.389 e. The summed E-state index contributed by atoms with van der Waals surface area (Å²) in [6, 6.07) is 4.18. The van der Waals surface area contributed by atoms with E-state index < -0.39 is 6.10 Å². The van der Waals surface area contributed by atoms with Gasteiger partial charge >= 0.3 is 6.03 Å². The maximum absolute atomic E-state index is 13.0. The van der Waals surface area contributed by atoms with Crippen molar-refractivity contribution in [2.45, 2.75) is 43.6 Å². The SMILES string of the molecule is CNC(=O)C[C@@H]1CC[C@@H]2[C@H](COC[C@@H](O)CN2C(=O)Nc2ccc(Cl)c(Cl)c2)O1. The Hall–Kier alpha value is -1.58. The number of aliphatic hydroxyl groups excluding tert-OH is 1. The zero-order chi connectivity index (χ0) is 21.0. The van der Waals surface area contributed by atoms with E-state index in [0.29, 0.717) is 28.6 Å². The van der Waals surface area contributed by atoms with Crippen molar-refractivity contribution in [3.8, 4) is 0 Å². The van der Waals surface area contributed by atoms with Crippen molar-refractivity contribution in [1.82, 2.24) is 10.2 Å². The van der Waals surface area contributed by atoms with E-state index in [4.69, 9.17) is 32.7 Å². The number of nitrogens with zero attached hydrogens (tertiary/aromatic N) is 1. The van der Waals surface area contributed by atoms with Crippen molar-refractivity contribution in [1.29, 1.82) is 0 Å². The summed E-state index contributed by atoms with van der Waals surface area (Å²) in [6.45, 7) is 0.448. The molecule has 1 aromatic carbocycles. The summed E-state index contributed by atoms with van der Waals surface area (Å²) in [7, 11) is 1.59. The van der Waals surface area contributed by atoms with E-state index in [-0.39, 0.29) is 56.4 Å². The first-order valence-electron chi connectivity index (χ1n) is 9.52. The van der Waals surface area contributed by atoms with Gasteiger partial charge in [0.1, 0.15) is 6.10 Å². The minimum Gasteiger partial charge on any atom is -0.389 e. The molecule has 29 heavy (non-hydrogen) atoms. The van der Waals surface area contributed by atoms with Crippen LogP contribution in [0.25, 0.3) is 0 Å². The Balaban J connectivity index is 1.73. The number of carbonyl (C=O) groups excluding carboxylic acids is 2. The van der Waals surface area contributed by atoms with Crippen LogP contribution in [-0.2, 0) is 14.3 Å². The Morgan fingerprint density at radius 3 is 2.76 bits per heavy atom. The van der Waals surface area contributed by atoms with Gasteiger partial charge in [0.25, 0.3) is 0 Å². The number of halogens is 2. The van der Waals surface area contributed by atoms with Crippen molar-refractivity contribution < 1.29 is 24.2 Å². The highest BCUT2D eigenvalue weighted by Crippen LogP contribution is 2.29. The van der Waals surface area contributed by atoms with Gasteiger partial charge in [-0.05, 0) is 31.0 Å². The fourth-order valence-electron chi connectivity index (χ4n) is 3.65. The van der Waals surface area contributed by atoms with Gasteiger partial charge in [0.2, 0.25) is 5.91 Å². The normalized spacial score (nSPS) is 27.4. The maximum Gasteiger partial charge on any atom is 0.322 e. The Labute approximate surface area is 179 Å². The van der Waals surface area contributed by atoms with Gasteiger partial charge in [-0.2, -0.15) is 0 Å². The lowest BCUT2D eigenvalue weighted by Gasteiger charge is -2.44. The number of amides is 3. The number of aliphatic hydroxyl groups is 1. The quantitative estimate of drug-likeness (QED) is 0.662. The van der Waals surface area contributed by atoms with Crippen LogP contribution in [0.2, 0.25) is 10.0 Å². The van der Waals surface area contributed by atoms with E-state index in [1.165, 1.54) is 0 Å². The Morgan fingerprint density at radius 2 is 2.03 bits per heavy atom. The van der Waals surface area contributed by atoms with Gasteiger partial charge in [0.05, 0.1) is 54.5 Å². The molecule has 0 spiro atoms. The number of anilines is 1. The lowest BCUT2D eigenvalue weighted by atomic mass is 9.95. The summed E-state index contributed by atoms with van der Waals surface area (Å²) in [6.07, 6.45) is 0.102. The minimum absolute atomic E-state index is 0.0927. The van der Waals surface area contributed by atoms with Crippen molar-refractivity contribution in [3.63, 3.8) is 0 Å². The summed E-state index contributed by atoms with van der Waals surface area (Å²) < 4.78 is 11.6. The number of hydrogen-bond acceptors (Lipinski definition) is 5. The molecule has 2 fully saturated rings. The van der Waals surface area contributed by atoms with Crippen LogP contribution in [0.4, 0.5) is 10.5 Å². The smallest absolute Gasteiger partial charge is 0.322 e. The molecule has 0 bridgehead atoms. The number of fused-ring (bicyclic) bond motifs is 1. The Morgan fingerprint density at radius 1 is 1.24 bits per heavy atom. The molecule has 1 aromatic rings. The van der Waals surface area contributed by atoms with Crippen LogP contribution in [0.1, 0.15) is 19.3 Å². The first-order chi connectivity index (χ1) is 13.9. The van der Waals surface area contributed by atoms with E-state index in [2.05, 4.69) is 10.6 Å². The van der Waals surface area contributed by atoms with Crippen LogP contribution in [0, 0.1) is 0 Å². The fraction of sp³-hybridized carbons (Fsp3) is 0.579. The summed E-state index contributed by atoms with van der Waals surface area (Å²) in [5, 5.41) is 16.3. The second-order valence-electron chi connectivity index (χ2n) is 7.22. The second-order valence-corrected chi connectivity index (χ2v) is 8.04. The first-order valence-corrected chi connectivity index (χ1v) is 10.3. The second kappa shape index (κ2) is 9.95. The first kappa shape index (κ1) is 22.1. The molecule has 2 aliphatic rings. The lowest BCUT2D eigenvalue weighted by molar-refractivity contribution is -0.149. The number of benzene rings is 1. The fourth-order valence-corrected chi connectivity index (χ4v) is 3.95. The summed E-state index contributed by atoms with van der Waals surface area (Å²) >= 11 is 12.0. The predicted octanol–water partition coefficient (Wildman–Crippen LogP) is 2.27. The number of nitrogens with one attached hydrogen (secondary N) is 2. The highest BCUT2D eigenvalue weighted by Gasteiger charge is 2.40. The van der Waals surface area contributed by atoms with Gasteiger partial charge in [0.15, 0.2) is 0 Å². The number of carbonyl (C=O) groups is 2. The van der Waals surface area contributed by atoms with E-state index in [1.807, 2.05) is 0 Å². The number of hydrogen-bond donors (Lipinski definition) is 3. The molecule has 3 N–H and O–H groups in total. The molecule has 0 radical (unpaired) electrons. The average Bonchev–Trinajstić information content (AvgIpc) is 2.68. The van der Waals surface area contributed by atoms with Crippen LogP contribution in [0.5, 0.6) is 0 Å². The third kappa shape index (κ3) is 5.73. The minimum atomic E-state index is -0.806.